The van der Waals surface area contributed by atoms with Gasteiger partial charge in [0.1, 0.15) is 0 Å². The molecule has 0 aromatic rings. The molecular formula is C18H30. The van der Waals surface area contributed by atoms with Crippen LogP contribution in [-0.2, 0) is 0 Å². The van der Waals surface area contributed by atoms with E-state index in [-0.39, 0.29) is 0 Å². The molecule has 102 valence electrons. The quantitative estimate of drug-likeness (QED) is 0.507. The monoisotopic (exact) mass is 246 g/mol. The van der Waals surface area contributed by atoms with E-state index in [9.17, 15) is 0 Å². The highest BCUT2D eigenvalue weighted by Gasteiger charge is 2.08. The van der Waals surface area contributed by atoms with Crippen molar-refractivity contribution < 1.29 is 0 Å². The summed E-state index contributed by atoms with van der Waals surface area (Å²) >= 11 is 0. The van der Waals surface area contributed by atoms with Crippen molar-refractivity contribution in [2.75, 3.05) is 0 Å². The molecule has 0 aliphatic heterocycles. The van der Waals surface area contributed by atoms with Gasteiger partial charge in [-0.05, 0) is 62.5 Å². The first kappa shape index (κ1) is 13.9. The highest BCUT2D eigenvalue weighted by atomic mass is 14.1. The Balaban J connectivity index is 1.99. The van der Waals surface area contributed by atoms with Gasteiger partial charge in [0.05, 0.1) is 0 Å². The zero-order valence-electron chi connectivity index (χ0n) is 12.1. The summed E-state index contributed by atoms with van der Waals surface area (Å²) in [6.45, 7) is 0. The first-order valence-corrected chi connectivity index (χ1v) is 8.35. The van der Waals surface area contributed by atoms with E-state index in [4.69, 9.17) is 0 Å². The molecule has 0 fully saturated rings. The molecule has 2 aliphatic carbocycles. The minimum absolute atomic E-state index is 1.33. The molecule has 0 heteroatoms. The average molecular weight is 246 g/mol. The lowest BCUT2D eigenvalue weighted by atomic mass is 9.94. The molecular weight excluding hydrogens is 216 g/mol. The third-order valence-electron chi connectivity index (χ3n) is 4.49. The zero-order chi connectivity index (χ0) is 12.5. The molecule has 2 rings (SSSR count). The maximum Gasteiger partial charge on any atom is -0.0279 e. The molecule has 0 nitrogen and oxygen atoms in total. The molecule has 0 spiro atoms. The molecule has 0 unspecified atom stereocenters. The molecule has 0 atom stereocenters. The second-order valence-corrected chi connectivity index (χ2v) is 6.07. The Kier molecular flexibility index (Phi) is 6.61. The van der Waals surface area contributed by atoms with E-state index < -0.39 is 0 Å². The summed E-state index contributed by atoms with van der Waals surface area (Å²) in [6.07, 6.45) is 24.9. The third-order valence-corrected chi connectivity index (χ3v) is 4.49. The first-order chi connectivity index (χ1) is 8.97. The predicted molar refractivity (Wildman–Crippen MR) is 80.8 cm³/mol. The predicted octanol–water partition coefficient (Wildman–Crippen LogP) is 6.33. The smallest absolute Gasteiger partial charge is 0.0279 e. The van der Waals surface area contributed by atoms with Crippen LogP contribution in [0.4, 0.5) is 0 Å². The molecule has 0 heterocycles. The van der Waals surface area contributed by atoms with Crippen molar-refractivity contribution in [1.82, 2.24) is 0 Å². The van der Waals surface area contributed by atoms with Crippen LogP contribution in [0.25, 0.3) is 0 Å². The normalized spacial score (nSPS) is 30.2. The van der Waals surface area contributed by atoms with Crippen LogP contribution in [0.15, 0.2) is 23.3 Å². The van der Waals surface area contributed by atoms with E-state index >= 15 is 0 Å². The number of rotatable bonds is 1. The lowest BCUT2D eigenvalue weighted by Crippen LogP contribution is -1.92. The molecule has 0 saturated carbocycles. The maximum absolute atomic E-state index is 2.58. The van der Waals surface area contributed by atoms with Crippen LogP contribution in [0, 0.1) is 0 Å². The Morgan fingerprint density at radius 1 is 0.444 bits per heavy atom. The summed E-state index contributed by atoms with van der Waals surface area (Å²) in [5, 5.41) is 0. The summed E-state index contributed by atoms with van der Waals surface area (Å²) in [7, 11) is 0. The van der Waals surface area contributed by atoms with Crippen LogP contribution < -0.4 is 0 Å². The van der Waals surface area contributed by atoms with Gasteiger partial charge in [-0.3, -0.25) is 0 Å². The fraction of sp³-hybridized carbons (Fsp3) is 0.778. The highest BCUT2D eigenvalue weighted by molar-refractivity contribution is 5.31. The fourth-order valence-corrected chi connectivity index (χ4v) is 3.32. The van der Waals surface area contributed by atoms with E-state index in [1.807, 2.05) is 0 Å². The molecule has 2 aliphatic rings. The summed E-state index contributed by atoms with van der Waals surface area (Å²) in [4.78, 5) is 0. The van der Waals surface area contributed by atoms with Crippen LogP contribution in [-0.4, -0.2) is 0 Å². The Morgan fingerprint density at radius 2 is 0.833 bits per heavy atom. The Labute approximate surface area is 114 Å². The van der Waals surface area contributed by atoms with E-state index in [1.165, 1.54) is 89.9 Å². The van der Waals surface area contributed by atoms with Gasteiger partial charge in [0.2, 0.25) is 0 Å². The molecule has 18 heavy (non-hydrogen) atoms. The van der Waals surface area contributed by atoms with Gasteiger partial charge in [-0.25, -0.2) is 0 Å². The van der Waals surface area contributed by atoms with Crippen molar-refractivity contribution in [2.24, 2.45) is 0 Å². The van der Waals surface area contributed by atoms with Gasteiger partial charge in [-0.2, -0.15) is 0 Å². The van der Waals surface area contributed by atoms with Crippen LogP contribution in [0.5, 0.6) is 0 Å². The number of hydrogen-bond donors (Lipinski definition) is 0. The van der Waals surface area contributed by atoms with E-state index in [1.54, 1.807) is 11.1 Å². The van der Waals surface area contributed by atoms with Crippen LogP contribution in [0.3, 0.4) is 0 Å². The Hall–Kier alpha value is -0.520. The standard InChI is InChI=1S/C18H30/c1-2-6-10-14-17(13-9-5-1)18-15-11-7-3-4-8-12-16-18/h13,15H,1-12,14,16H2/b17-13+,18-15+. The van der Waals surface area contributed by atoms with Crippen LogP contribution in [0.1, 0.15) is 89.9 Å². The summed E-state index contributed by atoms with van der Waals surface area (Å²) in [6, 6.07) is 0. The second-order valence-electron chi connectivity index (χ2n) is 6.07. The van der Waals surface area contributed by atoms with Gasteiger partial charge in [0.15, 0.2) is 0 Å². The van der Waals surface area contributed by atoms with Crippen molar-refractivity contribution in [1.29, 1.82) is 0 Å². The number of allylic oxidation sites excluding steroid dienone is 4. The minimum atomic E-state index is 1.33. The highest BCUT2D eigenvalue weighted by Crippen LogP contribution is 2.28. The third kappa shape index (κ3) is 5.00. The van der Waals surface area contributed by atoms with Crippen molar-refractivity contribution in [3.63, 3.8) is 0 Å². The minimum Gasteiger partial charge on any atom is -0.0811 e. The van der Waals surface area contributed by atoms with E-state index in [0.717, 1.165) is 0 Å². The van der Waals surface area contributed by atoms with Gasteiger partial charge in [0, 0.05) is 0 Å². The summed E-state index contributed by atoms with van der Waals surface area (Å²) in [5.41, 5.74) is 3.44. The average Bonchev–Trinajstić information content (AvgIpc) is 2.61. The Bertz CT molecular complexity index is 252. The molecule has 0 N–H and O–H groups in total. The fourth-order valence-electron chi connectivity index (χ4n) is 3.32. The van der Waals surface area contributed by atoms with E-state index in [0.29, 0.717) is 0 Å². The van der Waals surface area contributed by atoms with Crippen LogP contribution in [0.2, 0.25) is 0 Å². The van der Waals surface area contributed by atoms with Gasteiger partial charge in [-0.1, -0.05) is 50.7 Å². The van der Waals surface area contributed by atoms with Crippen molar-refractivity contribution in [2.45, 2.75) is 89.9 Å². The van der Waals surface area contributed by atoms with Gasteiger partial charge in [0.25, 0.3) is 0 Å². The van der Waals surface area contributed by atoms with Crippen molar-refractivity contribution in [3.05, 3.63) is 23.3 Å². The largest absolute Gasteiger partial charge is 0.0811 e. The summed E-state index contributed by atoms with van der Waals surface area (Å²) in [5.74, 6) is 0. The Morgan fingerprint density at radius 3 is 1.33 bits per heavy atom. The van der Waals surface area contributed by atoms with Crippen molar-refractivity contribution in [3.8, 4) is 0 Å². The summed E-state index contributed by atoms with van der Waals surface area (Å²) < 4.78 is 0. The molecule has 0 aromatic heterocycles. The van der Waals surface area contributed by atoms with E-state index in [2.05, 4.69) is 12.2 Å². The first-order valence-electron chi connectivity index (χ1n) is 8.35. The van der Waals surface area contributed by atoms with Gasteiger partial charge in [-0.15, -0.1) is 0 Å². The van der Waals surface area contributed by atoms with Gasteiger partial charge >= 0.3 is 0 Å². The SMILES string of the molecule is C1=C(/C2=C/CCCCCCC2)CCCCCCC/1. The van der Waals surface area contributed by atoms with Crippen molar-refractivity contribution >= 4 is 0 Å². The lowest BCUT2D eigenvalue weighted by Gasteiger charge is -2.12. The molecule has 0 radical (unpaired) electrons. The lowest BCUT2D eigenvalue weighted by molar-refractivity contribution is 0.623. The molecule has 0 bridgehead atoms. The number of hydrogen-bond acceptors (Lipinski definition) is 0. The zero-order valence-corrected chi connectivity index (χ0v) is 12.1. The molecule has 0 aromatic carbocycles. The second kappa shape index (κ2) is 8.56. The van der Waals surface area contributed by atoms with Crippen LogP contribution >= 0.6 is 0 Å². The maximum atomic E-state index is 2.58. The molecule has 0 saturated heterocycles. The van der Waals surface area contributed by atoms with Gasteiger partial charge < -0.3 is 0 Å². The topological polar surface area (TPSA) is 0 Å². The molecule has 0 amide bonds.